The Morgan fingerprint density at radius 2 is 1.94 bits per heavy atom. The lowest BCUT2D eigenvalue weighted by Crippen LogP contribution is -2.50. The predicted octanol–water partition coefficient (Wildman–Crippen LogP) is 4.54. The number of nitrogens with zero attached hydrogens (tertiary/aromatic N) is 5. The molecule has 33 heavy (non-hydrogen) atoms. The maximum absolute atomic E-state index is 12.8. The highest BCUT2D eigenvalue weighted by Gasteiger charge is 2.33. The van der Waals surface area contributed by atoms with Crippen LogP contribution in [0.2, 0.25) is 0 Å². The van der Waals surface area contributed by atoms with E-state index in [1.54, 1.807) is 18.5 Å². The fourth-order valence-electron chi connectivity index (χ4n) is 4.16. The third-order valence-electron chi connectivity index (χ3n) is 5.78. The lowest BCUT2D eigenvalue weighted by molar-refractivity contribution is -0.137. The molecule has 0 unspecified atom stereocenters. The molecule has 0 saturated carbocycles. The molecule has 1 aliphatic heterocycles. The van der Waals surface area contributed by atoms with Crippen molar-refractivity contribution < 1.29 is 18.0 Å². The Kier molecular flexibility index (Phi) is 6.26. The Balaban J connectivity index is 1.65. The lowest BCUT2D eigenvalue weighted by atomic mass is 9.95. The van der Waals surface area contributed by atoms with Crippen molar-refractivity contribution in [2.24, 2.45) is 0 Å². The van der Waals surface area contributed by atoms with Gasteiger partial charge in [0.25, 0.3) is 0 Å². The van der Waals surface area contributed by atoms with Gasteiger partial charge in [0.1, 0.15) is 11.5 Å². The number of rotatable bonds is 5. The van der Waals surface area contributed by atoms with E-state index in [1.165, 1.54) is 6.07 Å². The van der Waals surface area contributed by atoms with Crippen LogP contribution in [0.3, 0.4) is 0 Å². The molecule has 172 valence electrons. The molecule has 3 aromatic rings. The van der Waals surface area contributed by atoms with Gasteiger partial charge in [-0.2, -0.15) is 13.2 Å². The van der Waals surface area contributed by atoms with Crippen LogP contribution in [0.1, 0.15) is 41.5 Å². The number of hydrogen-bond acceptors (Lipinski definition) is 7. The molecule has 0 radical (unpaired) electrons. The maximum Gasteiger partial charge on any atom is 0.417 e. The average Bonchev–Trinajstić information content (AvgIpc) is 2.80. The molecule has 0 bridgehead atoms. The minimum absolute atomic E-state index is 0.0494. The van der Waals surface area contributed by atoms with Crippen LogP contribution < -0.4 is 10.2 Å². The molecule has 10 heteroatoms. The predicted molar refractivity (Wildman–Crippen MR) is 118 cm³/mol. The third-order valence-corrected chi connectivity index (χ3v) is 5.78. The van der Waals surface area contributed by atoms with Gasteiger partial charge in [0.05, 0.1) is 16.8 Å². The summed E-state index contributed by atoms with van der Waals surface area (Å²) in [5.41, 5.74) is 1.54. The minimum Gasteiger partial charge on any atom is -0.366 e. The molecule has 4 rings (SSSR count). The van der Waals surface area contributed by atoms with Crippen LogP contribution in [0.5, 0.6) is 0 Å². The Bertz CT molecular complexity index is 1120. The molecule has 0 aromatic carbocycles. The molecular formula is C23H23F3N6O. The van der Waals surface area contributed by atoms with Crippen LogP contribution in [0, 0.1) is 6.92 Å². The second kappa shape index (κ2) is 9.13. The molecule has 7 nitrogen and oxygen atoms in total. The summed E-state index contributed by atoms with van der Waals surface area (Å²) in [5.74, 6) is 0.793. The lowest BCUT2D eigenvalue weighted by Gasteiger charge is -2.42. The fourth-order valence-corrected chi connectivity index (χ4v) is 4.16. The van der Waals surface area contributed by atoms with Crippen molar-refractivity contribution in [1.82, 2.24) is 19.9 Å². The highest BCUT2D eigenvalue weighted by atomic mass is 19.4. The van der Waals surface area contributed by atoms with E-state index in [0.29, 0.717) is 29.2 Å². The molecule has 0 spiro atoms. The van der Waals surface area contributed by atoms with E-state index < -0.39 is 11.7 Å². The van der Waals surface area contributed by atoms with Crippen molar-refractivity contribution >= 4 is 17.8 Å². The van der Waals surface area contributed by atoms with Crippen molar-refractivity contribution in [3.8, 4) is 11.4 Å². The zero-order chi connectivity index (χ0) is 23.6. The van der Waals surface area contributed by atoms with Crippen molar-refractivity contribution in [3.63, 3.8) is 0 Å². The van der Waals surface area contributed by atoms with Crippen molar-refractivity contribution in [2.75, 3.05) is 16.8 Å². The Hall–Kier alpha value is -3.56. The smallest absolute Gasteiger partial charge is 0.366 e. The summed E-state index contributed by atoms with van der Waals surface area (Å²) in [4.78, 5) is 31.0. The standard InChI is InChI=1S/C23H23F3N6O/c1-14-11-19(21(18(13-33)30-14)22-27-8-4-9-28-22)32-10-3-5-17(15(32)2)31-20-7-6-16(12-29-20)23(24,25)26/h4,6-9,11-13,15,17H,3,5,10H2,1-2H3,(H,29,31)/t15-,17+/m1/s1. The van der Waals surface area contributed by atoms with Gasteiger partial charge in [-0.15, -0.1) is 0 Å². The van der Waals surface area contributed by atoms with Gasteiger partial charge in [-0.25, -0.2) is 19.9 Å². The van der Waals surface area contributed by atoms with Gasteiger partial charge in [-0.1, -0.05) is 0 Å². The summed E-state index contributed by atoms with van der Waals surface area (Å²) >= 11 is 0. The summed E-state index contributed by atoms with van der Waals surface area (Å²) < 4.78 is 38.5. The van der Waals surface area contributed by atoms with Crippen molar-refractivity contribution in [2.45, 2.75) is 44.9 Å². The molecule has 0 aliphatic carbocycles. The van der Waals surface area contributed by atoms with Gasteiger partial charge in [0, 0.05) is 42.9 Å². The number of aldehydes is 1. The van der Waals surface area contributed by atoms with Gasteiger partial charge in [0.15, 0.2) is 12.1 Å². The largest absolute Gasteiger partial charge is 0.417 e. The first kappa shape index (κ1) is 22.6. The molecule has 2 atom stereocenters. The summed E-state index contributed by atoms with van der Waals surface area (Å²) in [6, 6.07) is 5.86. The quantitative estimate of drug-likeness (QED) is 0.564. The van der Waals surface area contributed by atoms with Crippen LogP contribution in [-0.4, -0.2) is 44.9 Å². The zero-order valence-electron chi connectivity index (χ0n) is 18.2. The summed E-state index contributed by atoms with van der Waals surface area (Å²) in [6.45, 7) is 4.59. The molecule has 0 amide bonds. The number of hydrogen-bond donors (Lipinski definition) is 1. The second-order valence-electron chi connectivity index (χ2n) is 7.99. The van der Waals surface area contributed by atoms with Crippen LogP contribution in [0.4, 0.5) is 24.7 Å². The Morgan fingerprint density at radius 1 is 1.18 bits per heavy atom. The summed E-state index contributed by atoms with van der Waals surface area (Å²) in [6.07, 6.45) is 2.00. The number of piperidine rings is 1. The third kappa shape index (κ3) is 4.79. The molecule has 1 saturated heterocycles. The van der Waals surface area contributed by atoms with Crippen LogP contribution >= 0.6 is 0 Å². The molecule has 1 N–H and O–H groups in total. The molecule has 1 fully saturated rings. The van der Waals surface area contributed by atoms with E-state index >= 15 is 0 Å². The Morgan fingerprint density at radius 3 is 2.58 bits per heavy atom. The number of halogens is 3. The van der Waals surface area contributed by atoms with Crippen LogP contribution in [0.25, 0.3) is 11.4 Å². The van der Waals surface area contributed by atoms with Crippen LogP contribution in [-0.2, 0) is 6.18 Å². The number of pyridine rings is 2. The number of carbonyl (C=O) groups excluding carboxylic acids is 1. The van der Waals surface area contributed by atoms with Gasteiger partial charge in [-0.05, 0) is 51.0 Å². The first-order valence-corrected chi connectivity index (χ1v) is 10.6. The molecule has 3 aromatic heterocycles. The van der Waals surface area contributed by atoms with Crippen molar-refractivity contribution in [1.29, 1.82) is 0 Å². The van der Waals surface area contributed by atoms with Crippen LogP contribution in [0.15, 0.2) is 42.9 Å². The Labute approximate surface area is 189 Å². The molecule has 1 aliphatic rings. The number of carbonyl (C=O) groups is 1. The summed E-state index contributed by atoms with van der Waals surface area (Å²) in [5, 5.41) is 3.27. The van der Waals surface area contributed by atoms with E-state index in [0.717, 1.165) is 37.3 Å². The number of alkyl halides is 3. The molecule has 4 heterocycles. The first-order valence-electron chi connectivity index (χ1n) is 10.6. The molecular weight excluding hydrogens is 433 g/mol. The van der Waals surface area contributed by atoms with Crippen molar-refractivity contribution in [3.05, 3.63) is 59.8 Å². The SMILES string of the molecule is Cc1cc(N2CCC[C@H](Nc3ccc(C(F)(F)F)cn3)[C@H]2C)c(-c2ncccn2)c(C=O)n1. The van der Waals surface area contributed by atoms with E-state index in [1.807, 2.05) is 19.9 Å². The number of aryl methyl sites for hydroxylation is 1. The van der Waals surface area contributed by atoms with Gasteiger partial charge in [0.2, 0.25) is 0 Å². The fraction of sp³-hybridized carbons (Fsp3) is 0.348. The average molecular weight is 456 g/mol. The van der Waals surface area contributed by atoms with E-state index in [9.17, 15) is 18.0 Å². The van der Waals surface area contributed by atoms with E-state index in [4.69, 9.17) is 0 Å². The normalized spacial score (nSPS) is 18.8. The monoisotopic (exact) mass is 456 g/mol. The zero-order valence-corrected chi connectivity index (χ0v) is 18.2. The number of nitrogens with one attached hydrogen (secondary N) is 1. The van der Waals surface area contributed by atoms with Gasteiger partial charge in [-0.3, -0.25) is 4.79 Å². The number of anilines is 2. The first-order chi connectivity index (χ1) is 15.8. The minimum atomic E-state index is -4.42. The topological polar surface area (TPSA) is 83.9 Å². The second-order valence-corrected chi connectivity index (χ2v) is 7.99. The maximum atomic E-state index is 12.8. The van der Waals surface area contributed by atoms with E-state index in [-0.39, 0.29) is 17.8 Å². The van der Waals surface area contributed by atoms with Gasteiger partial charge < -0.3 is 10.2 Å². The summed E-state index contributed by atoms with van der Waals surface area (Å²) in [7, 11) is 0. The van der Waals surface area contributed by atoms with E-state index in [2.05, 4.69) is 30.2 Å². The highest BCUT2D eigenvalue weighted by molar-refractivity contribution is 5.90. The van der Waals surface area contributed by atoms with Gasteiger partial charge >= 0.3 is 6.18 Å². The number of aromatic nitrogens is 4. The highest BCUT2D eigenvalue weighted by Crippen LogP contribution is 2.36.